The van der Waals surface area contributed by atoms with Crippen molar-refractivity contribution >= 4 is 12.0 Å². The third-order valence-electron chi connectivity index (χ3n) is 4.60. The molecule has 19 heavy (non-hydrogen) atoms. The average molecular weight is 262 g/mol. The molecule has 0 spiro atoms. The molecule has 2 fully saturated rings. The molecule has 2 heterocycles. The summed E-state index contributed by atoms with van der Waals surface area (Å²) < 4.78 is 14.1. The van der Waals surface area contributed by atoms with Gasteiger partial charge in [-0.1, -0.05) is 0 Å². The predicted octanol–water partition coefficient (Wildman–Crippen LogP) is 2.31. The molecular formula is C15H19FN2O. The molecule has 0 aliphatic carbocycles. The second-order valence-corrected chi connectivity index (χ2v) is 5.61. The minimum atomic E-state index is -0.287. The number of fused-ring (bicyclic) bond motifs is 2. The van der Waals surface area contributed by atoms with Crippen LogP contribution in [0.15, 0.2) is 18.2 Å². The van der Waals surface area contributed by atoms with Crippen LogP contribution in [-0.2, 0) is 0 Å². The van der Waals surface area contributed by atoms with E-state index in [2.05, 4.69) is 16.8 Å². The van der Waals surface area contributed by atoms with Crippen LogP contribution in [0.25, 0.3) is 0 Å². The molecule has 2 atom stereocenters. The number of nitrogens with zero attached hydrogens (tertiary/aromatic N) is 2. The zero-order chi connectivity index (χ0) is 13.4. The predicted molar refractivity (Wildman–Crippen MR) is 73.2 cm³/mol. The van der Waals surface area contributed by atoms with Crippen molar-refractivity contribution in [2.45, 2.75) is 31.3 Å². The van der Waals surface area contributed by atoms with E-state index in [9.17, 15) is 9.18 Å². The molecular weight excluding hydrogens is 243 g/mol. The van der Waals surface area contributed by atoms with E-state index >= 15 is 0 Å². The van der Waals surface area contributed by atoms with Crippen LogP contribution in [0.5, 0.6) is 0 Å². The van der Waals surface area contributed by atoms with Crippen molar-refractivity contribution in [3.05, 3.63) is 29.6 Å². The highest BCUT2D eigenvalue weighted by Gasteiger charge is 2.35. The highest BCUT2D eigenvalue weighted by Crippen LogP contribution is 2.31. The minimum absolute atomic E-state index is 0.287. The van der Waals surface area contributed by atoms with Gasteiger partial charge < -0.3 is 4.90 Å². The van der Waals surface area contributed by atoms with Crippen molar-refractivity contribution in [3.63, 3.8) is 0 Å². The summed E-state index contributed by atoms with van der Waals surface area (Å²) in [7, 11) is 2.18. The number of carbonyl (C=O) groups excluding carboxylic acids is 1. The van der Waals surface area contributed by atoms with Crippen LogP contribution in [0, 0.1) is 5.82 Å². The molecule has 102 valence electrons. The lowest BCUT2D eigenvalue weighted by atomic mass is 10.1. The number of hydrogen-bond acceptors (Lipinski definition) is 3. The molecule has 2 unspecified atom stereocenters. The molecule has 0 saturated carbocycles. The average Bonchev–Trinajstić information content (AvgIpc) is 2.64. The molecule has 3 rings (SSSR count). The second-order valence-electron chi connectivity index (χ2n) is 5.61. The summed E-state index contributed by atoms with van der Waals surface area (Å²) in [6.45, 7) is 1.77. The van der Waals surface area contributed by atoms with E-state index in [0.29, 0.717) is 29.6 Å². The molecule has 3 nitrogen and oxygen atoms in total. The first-order chi connectivity index (χ1) is 9.19. The number of carbonyl (C=O) groups is 1. The Bertz CT molecular complexity index is 491. The number of rotatable bonds is 2. The van der Waals surface area contributed by atoms with Crippen LogP contribution in [0.4, 0.5) is 10.1 Å². The van der Waals surface area contributed by atoms with Gasteiger partial charge in [-0.3, -0.25) is 9.69 Å². The van der Waals surface area contributed by atoms with Gasteiger partial charge in [0, 0.05) is 30.7 Å². The van der Waals surface area contributed by atoms with Crippen molar-refractivity contribution in [1.29, 1.82) is 0 Å². The molecule has 0 radical (unpaired) electrons. The van der Waals surface area contributed by atoms with E-state index in [-0.39, 0.29) is 5.82 Å². The third kappa shape index (κ3) is 2.25. The SMILES string of the molecule is CN1C2CCC1CN(c1ccc(C=O)cc1F)CC2. The van der Waals surface area contributed by atoms with Crippen molar-refractivity contribution < 1.29 is 9.18 Å². The van der Waals surface area contributed by atoms with Crippen LogP contribution in [0.3, 0.4) is 0 Å². The van der Waals surface area contributed by atoms with Crippen molar-refractivity contribution in [2.24, 2.45) is 0 Å². The van der Waals surface area contributed by atoms with Gasteiger partial charge in [-0.2, -0.15) is 0 Å². The maximum atomic E-state index is 14.1. The normalized spacial score (nSPS) is 27.4. The van der Waals surface area contributed by atoms with Gasteiger partial charge in [-0.05, 0) is 44.5 Å². The van der Waals surface area contributed by atoms with Crippen LogP contribution >= 0.6 is 0 Å². The maximum absolute atomic E-state index is 14.1. The number of anilines is 1. The molecule has 2 bridgehead atoms. The summed E-state index contributed by atoms with van der Waals surface area (Å²) in [6.07, 6.45) is 4.24. The largest absolute Gasteiger partial charge is 0.368 e. The Morgan fingerprint density at radius 2 is 2.05 bits per heavy atom. The number of hydrogen-bond donors (Lipinski definition) is 0. The second kappa shape index (κ2) is 4.93. The number of aldehydes is 1. The minimum Gasteiger partial charge on any atom is -0.368 e. The Kier molecular flexibility index (Phi) is 3.27. The molecule has 2 aliphatic heterocycles. The van der Waals surface area contributed by atoms with Gasteiger partial charge in [0.05, 0.1) is 5.69 Å². The van der Waals surface area contributed by atoms with E-state index in [1.807, 2.05) is 0 Å². The fraction of sp³-hybridized carbons (Fsp3) is 0.533. The Hall–Kier alpha value is -1.42. The summed E-state index contributed by atoms with van der Waals surface area (Å²) in [5.41, 5.74) is 1.03. The van der Waals surface area contributed by atoms with Gasteiger partial charge in [-0.15, -0.1) is 0 Å². The number of likely N-dealkylation sites (N-methyl/N-ethyl adjacent to an activating group) is 1. The molecule has 2 saturated heterocycles. The summed E-state index contributed by atoms with van der Waals surface area (Å²) >= 11 is 0. The smallest absolute Gasteiger partial charge is 0.150 e. The van der Waals surface area contributed by atoms with E-state index in [1.165, 1.54) is 18.9 Å². The fourth-order valence-electron chi connectivity index (χ4n) is 3.38. The Morgan fingerprint density at radius 3 is 2.79 bits per heavy atom. The fourth-order valence-corrected chi connectivity index (χ4v) is 3.38. The zero-order valence-electron chi connectivity index (χ0n) is 11.2. The van der Waals surface area contributed by atoms with Crippen LogP contribution in [-0.4, -0.2) is 43.4 Å². The molecule has 0 aromatic heterocycles. The van der Waals surface area contributed by atoms with Gasteiger partial charge in [0.25, 0.3) is 0 Å². The standard InChI is InChI=1S/C15H19FN2O/c1-17-12-3-4-13(17)9-18(7-6-12)15-5-2-11(10-19)8-14(15)16/h2,5,8,10,12-13H,3-4,6-7,9H2,1H3. The van der Waals surface area contributed by atoms with E-state index in [1.54, 1.807) is 12.1 Å². The lowest BCUT2D eigenvalue weighted by Crippen LogP contribution is -2.36. The Balaban J connectivity index is 1.84. The highest BCUT2D eigenvalue weighted by molar-refractivity contribution is 5.76. The van der Waals surface area contributed by atoms with Crippen molar-refractivity contribution in [1.82, 2.24) is 4.90 Å². The molecule has 0 N–H and O–H groups in total. The van der Waals surface area contributed by atoms with Crippen LogP contribution in [0.1, 0.15) is 29.6 Å². The molecule has 0 amide bonds. The maximum Gasteiger partial charge on any atom is 0.150 e. The van der Waals surface area contributed by atoms with Gasteiger partial charge >= 0.3 is 0 Å². The highest BCUT2D eigenvalue weighted by atomic mass is 19.1. The molecule has 4 heteroatoms. The monoisotopic (exact) mass is 262 g/mol. The van der Waals surface area contributed by atoms with Gasteiger partial charge in [-0.25, -0.2) is 4.39 Å². The van der Waals surface area contributed by atoms with E-state index in [4.69, 9.17) is 0 Å². The molecule has 1 aromatic carbocycles. The topological polar surface area (TPSA) is 23.6 Å². The van der Waals surface area contributed by atoms with Crippen molar-refractivity contribution in [2.75, 3.05) is 25.0 Å². The number of benzene rings is 1. The lowest BCUT2D eigenvalue weighted by Gasteiger charge is -2.28. The lowest BCUT2D eigenvalue weighted by molar-refractivity contribution is 0.112. The quantitative estimate of drug-likeness (QED) is 0.764. The Labute approximate surface area is 113 Å². The molecule has 2 aliphatic rings. The first-order valence-electron chi connectivity index (χ1n) is 6.90. The van der Waals surface area contributed by atoms with Crippen molar-refractivity contribution in [3.8, 4) is 0 Å². The first-order valence-corrected chi connectivity index (χ1v) is 6.90. The van der Waals surface area contributed by atoms with Gasteiger partial charge in [0.1, 0.15) is 12.1 Å². The van der Waals surface area contributed by atoms with Gasteiger partial charge in [0.2, 0.25) is 0 Å². The summed E-state index contributed by atoms with van der Waals surface area (Å²) in [6, 6.07) is 5.93. The molecule has 1 aromatic rings. The zero-order valence-corrected chi connectivity index (χ0v) is 11.2. The number of halogens is 1. The van der Waals surface area contributed by atoms with Crippen LogP contribution in [0.2, 0.25) is 0 Å². The summed E-state index contributed by atoms with van der Waals surface area (Å²) in [5, 5.41) is 0. The summed E-state index contributed by atoms with van der Waals surface area (Å²) in [4.78, 5) is 15.2. The third-order valence-corrected chi connectivity index (χ3v) is 4.60. The summed E-state index contributed by atoms with van der Waals surface area (Å²) in [5.74, 6) is -0.287. The van der Waals surface area contributed by atoms with E-state index < -0.39 is 0 Å². The van der Waals surface area contributed by atoms with Crippen LogP contribution < -0.4 is 4.90 Å². The first kappa shape index (κ1) is 12.6. The van der Waals surface area contributed by atoms with Gasteiger partial charge in [0.15, 0.2) is 0 Å². The van der Waals surface area contributed by atoms with E-state index in [0.717, 1.165) is 19.5 Å². The Morgan fingerprint density at radius 1 is 1.26 bits per heavy atom.